The molecule has 1 aliphatic rings. The van der Waals surface area contributed by atoms with Crippen molar-refractivity contribution in [3.05, 3.63) is 59.2 Å². The van der Waals surface area contributed by atoms with Gasteiger partial charge in [0.2, 0.25) is 0 Å². The van der Waals surface area contributed by atoms with Gasteiger partial charge in [0, 0.05) is 19.6 Å². The normalized spacial score (nSPS) is 14.0. The minimum atomic E-state index is 0.0579. The monoisotopic (exact) mass is 328 g/mol. The first-order valence-electron chi connectivity index (χ1n) is 9.12. The molecule has 1 heterocycles. The average molecular weight is 329 g/mol. The molecule has 0 saturated carbocycles. The summed E-state index contributed by atoms with van der Waals surface area (Å²) in [6.45, 7) is 10.3. The van der Waals surface area contributed by atoms with E-state index in [1.807, 2.05) is 31.7 Å². The summed E-state index contributed by atoms with van der Waals surface area (Å²) >= 11 is 0. The highest BCUT2D eigenvalue weighted by molar-refractivity contribution is 5.74. The smallest absolute Gasteiger partial charge is 0.317 e. The van der Waals surface area contributed by atoms with E-state index in [1.54, 1.807) is 0 Å². The number of nitrogens with one attached hydrogen (secondary N) is 1. The van der Waals surface area contributed by atoms with E-state index in [1.165, 1.54) is 16.7 Å². The van der Waals surface area contributed by atoms with Crippen molar-refractivity contribution in [2.24, 2.45) is 0 Å². The van der Waals surface area contributed by atoms with Gasteiger partial charge in [-0.05, 0) is 44.2 Å². The van der Waals surface area contributed by atoms with Crippen molar-refractivity contribution in [1.29, 1.82) is 0 Å². The number of urea groups is 1. The van der Waals surface area contributed by atoms with E-state index in [2.05, 4.69) is 48.7 Å². The van der Waals surface area contributed by atoms with Gasteiger partial charge in [0.15, 0.2) is 0 Å². The first-order valence-corrected chi connectivity index (χ1v) is 9.12. The zero-order valence-corrected chi connectivity index (χ0v) is 15.6. The number of hydrogen-bond donors (Lipinski definition) is 1. The quantitative estimate of drug-likeness (QED) is 0.593. The van der Waals surface area contributed by atoms with Crippen molar-refractivity contribution in [2.75, 3.05) is 13.1 Å². The molecule has 0 spiro atoms. The second-order valence-corrected chi connectivity index (χ2v) is 5.64. The lowest BCUT2D eigenvalue weighted by atomic mass is 10.0. The van der Waals surface area contributed by atoms with E-state index in [4.69, 9.17) is 0 Å². The van der Waals surface area contributed by atoms with Crippen LogP contribution >= 0.6 is 0 Å². The van der Waals surface area contributed by atoms with Crippen LogP contribution in [-0.2, 0) is 13.0 Å². The van der Waals surface area contributed by atoms with Crippen LogP contribution in [-0.4, -0.2) is 24.0 Å². The standard InChI is InChI=1S/C19H26N2O.C2H6/c1-3-8-16(4-2)9-7-13-20-19(22)21-14-12-17-10-5-6-11-18(17)15-21;1-2/h3-6,8,10-11H,7,9,12-15H2,1-2H3,(H,20,22);1-2H3/b8-3-,16-4+;. The van der Waals surface area contributed by atoms with Gasteiger partial charge >= 0.3 is 6.03 Å². The first-order chi connectivity index (χ1) is 11.7. The molecule has 0 saturated heterocycles. The summed E-state index contributed by atoms with van der Waals surface area (Å²) in [5, 5.41) is 3.04. The lowest BCUT2D eigenvalue weighted by molar-refractivity contribution is 0.192. The van der Waals surface area contributed by atoms with Gasteiger partial charge in [-0.3, -0.25) is 0 Å². The lowest BCUT2D eigenvalue weighted by Crippen LogP contribution is -2.43. The van der Waals surface area contributed by atoms with E-state index >= 15 is 0 Å². The van der Waals surface area contributed by atoms with E-state index in [0.717, 1.165) is 38.9 Å². The second-order valence-electron chi connectivity index (χ2n) is 5.64. The van der Waals surface area contributed by atoms with Gasteiger partial charge in [-0.15, -0.1) is 0 Å². The summed E-state index contributed by atoms with van der Waals surface area (Å²) in [7, 11) is 0. The molecule has 0 aromatic heterocycles. The van der Waals surface area contributed by atoms with Gasteiger partial charge in [-0.1, -0.05) is 61.9 Å². The molecule has 0 aliphatic carbocycles. The number of fused-ring (bicyclic) bond motifs is 1. The van der Waals surface area contributed by atoms with E-state index < -0.39 is 0 Å². The van der Waals surface area contributed by atoms with E-state index in [9.17, 15) is 4.79 Å². The van der Waals surface area contributed by atoms with Gasteiger partial charge in [0.1, 0.15) is 0 Å². The molecule has 3 heteroatoms. The number of hydrogen-bond acceptors (Lipinski definition) is 1. The highest BCUT2D eigenvalue weighted by Gasteiger charge is 2.19. The topological polar surface area (TPSA) is 32.3 Å². The molecule has 1 N–H and O–H groups in total. The number of nitrogens with zero attached hydrogens (tertiary/aromatic N) is 1. The molecule has 132 valence electrons. The Bertz CT molecular complexity index is 561. The van der Waals surface area contributed by atoms with Crippen molar-refractivity contribution in [1.82, 2.24) is 10.2 Å². The average Bonchev–Trinajstić information content (AvgIpc) is 2.65. The number of rotatable bonds is 5. The van der Waals surface area contributed by atoms with Crippen molar-refractivity contribution >= 4 is 6.03 Å². The largest absolute Gasteiger partial charge is 0.338 e. The molecule has 0 fully saturated rings. The van der Waals surface area contributed by atoms with Crippen LogP contribution in [0.2, 0.25) is 0 Å². The van der Waals surface area contributed by atoms with Crippen molar-refractivity contribution in [2.45, 2.75) is 53.5 Å². The summed E-state index contributed by atoms with van der Waals surface area (Å²) in [6.07, 6.45) is 9.24. The minimum Gasteiger partial charge on any atom is -0.338 e. The van der Waals surface area contributed by atoms with Crippen LogP contribution in [0, 0.1) is 0 Å². The summed E-state index contributed by atoms with van der Waals surface area (Å²) in [5.41, 5.74) is 3.97. The second kappa shape index (κ2) is 11.5. The van der Waals surface area contributed by atoms with Crippen LogP contribution in [0.4, 0.5) is 4.79 Å². The Labute approximate surface area is 147 Å². The first kappa shape index (κ1) is 20.0. The summed E-state index contributed by atoms with van der Waals surface area (Å²) < 4.78 is 0. The molecule has 0 bridgehead atoms. The molecule has 0 radical (unpaired) electrons. The van der Waals surface area contributed by atoms with E-state index in [-0.39, 0.29) is 6.03 Å². The molecule has 2 amide bonds. The highest BCUT2D eigenvalue weighted by atomic mass is 16.2. The fraction of sp³-hybridized carbons (Fsp3) is 0.476. The molecule has 2 rings (SSSR count). The van der Waals surface area contributed by atoms with Gasteiger partial charge in [0.05, 0.1) is 0 Å². The molecule has 24 heavy (non-hydrogen) atoms. The van der Waals surface area contributed by atoms with Crippen LogP contribution in [0.3, 0.4) is 0 Å². The molecule has 3 nitrogen and oxygen atoms in total. The fourth-order valence-electron chi connectivity index (χ4n) is 2.81. The summed E-state index contributed by atoms with van der Waals surface area (Å²) in [6, 6.07) is 8.44. The van der Waals surface area contributed by atoms with Crippen molar-refractivity contribution in [3.8, 4) is 0 Å². The Morgan fingerprint density at radius 2 is 1.92 bits per heavy atom. The van der Waals surface area contributed by atoms with Gasteiger partial charge < -0.3 is 10.2 Å². The number of benzene rings is 1. The predicted molar refractivity (Wildman–Crippen MR) is 103 cm³/mol. The maximum Gasteiger partial charge on any atom is 0.317 e. The van der Waals surface area contributed by atoms with Crippen molar-refractivity contribution in [3.63, 3.8) is 0 Å². The molecule has 1 aromatic carbocycles. The molecule has 1 aromatic rings. The van der Waals surface area contributed by atoms with Gasteiger partial charge in [-0.2, -0.15) is 0 Å². The van der Waals surface area contributed by atoms with Crippen LogP contribution in [0.1, 0.15) is 51.7 Å². The predicted octanol–water partition coefficient (Wildman–Crippen LogP) is 5.08. The Kier molecular flexibility index (Phi) is 9.59. The van der Waals surface area contributed by atoms with Crippen molar-refractivity contribution < 1.29 is 4.79 Å². The van der Waals surface area contributed by atoms with Crippen LogP contribution in [0.5, 0.6) is 0 Å². The fourth-order valence-corrected chi connectivity index (χ4v) is 2.81. The Morgan fingerprint density at radius 1 is 1.21 bits per heavy atom. The third kappa shape index (κ3) is 6.23. The molecule has 0 unspecified atom stereocenters. The highest BCUT2D eigenvalue weighted by Crippen LogP contribution is 2.18. The summed E-state index contributed by atoms with van der Waals surface area (Å²) in [4.78, 5) is 14.1. The Morgan fingerprint density at radius 3 is 2.58 bits per heavy atom. The maximum atomic E-state index is 12.2. The zero-order chi connectivity index (χ0) is 17.8. The number of allylic oxidation sites excluding steroid dienone is 4. The van der Waals surface area contributed by atoms with E-state index in [0.29, 0.717) is 0 Å². The number of carbonyl (C=O) groups is 1. The third-order valence-electron chi connectivity index (χ3n) is 4.09. The number of carbonyl (C=O) groups excluding carboxylic acids is 1. The molecule has 1 aliphatic heterocycles. The molecule has 0 atom stereocenters. The van der Waals surface area contributed by atoms with Crippen LogP contribution in [0.25, 0.3) is 0 Å². The Hall–Kier alpha value is -2.03. The van der Waals surface area contributed by atoms with Gasteiger partial charge in [-0.25, -0.2) is 4.79 Å². The third-order valence-corrected chi connectivity index (χ3v) is 4.09. The van der Waals surface area contributed by atoms with Gasteiger partial charge in [0.25, 0.3) is 0 Å². The Balaban J connectivity index is 0.00000139. The lowest BCUT2D eigenvalue weighted by Gasteiger charge is -2.29. The molecular weight excluding hydrogens is 296 g/mol. The zero-order valence-electron chi connectivity index (χ0n) is 15.6. The molecular formula is C21H32N2O. The van der Waals surface area contributed by atoms with Crippen LogP contribution in [0.15, 0.2) is 48.1 Å². The SMILES string of the molecule is C/C=C\C(=C/C)CCCNC(=O)N1CCc2ccccc2C1.CC. The summed E-state index contributed by atoms with van der Waals surface area (Å²) in [5.74, 6) is 0. The number of amides is 2. The van der Waals surface area contributed by atoms with Crippen LogP contribution < -0.4 is 5.32 Å². The maximum absolute atomic E-state index is 12.2. The minimum absolute atomic E-state index is 0.0579.